The van der Waals surface area contributed by atoms with Crippen molar-refractivity contribution >= 4 is 29.7 Å². The first-order valence-electron chi connectivity index (χ1n) is 13.1. The molecule has 1 aliphatic rings. The molecule has 39 heavy (non-hydrogen) atoms. The molecule has 1 aliphatic heterocycles. The Balaban J connectivity index is 1.62. The maximum Gasteiger partial charge on any atom is 0.246 e. The highest BCUT2D eigenvalue weighted by molar-refractivity contribution is 5.95. The standard InChI is InChI=1S/C32H37N3O4/c1-31(2,23-34(5)28(37)15-10-20-36)22-32(3,4)30(39)33-19-18-29(38)35-21-26-13-7-6-11-24(26)16-17-25-12-8-9-14-27(25)35/h6-15,20H,18-19,21-23H2,1-5H3,(H,33,39)/b15-10-. The zero-order chi connectivity index (χ0) is 28.6. The van der Waals surface area contributed by atoms with Gasteiger partial charge in [-0.15, -0.1) is 0 Å². The Morgan fingerprint density at radius 2 is 1.64 bits per heavy atom. The van der Waals surface area contributed by atoms with Crippen LogP contribution in [0.25, 0.3) is 0 Å². The summed E-state index contributed by atoms with van der Waals surface area (Å²) < 4.78 is 0. The largest absolute Gasteiger partial charge is 0.355 e. The predicted octanol–water partition coefficient (Wildman–Crippen LogP) is 4.10. The summed E-state index contributed by atoms with van der Waals surface area (Å²) in [5, 5.41) is 2.95. The van der Waals surface area contributed by atoms with Gasteiger partial charge in [-0.2, -0.15) is 0 Å². The van der Waals surface area contributed by atoms with Gasteiger partial charge in [0.2, 0.25) is 17.7 Å². The molecular formula is C32H37N3O4. The number of anilines is 1. The summed E-state index contributed by atoms with van der Waals surface area (Å²) in [5.41, 5.74) is 2.34. The summed E-state index contributed by atoms with van der Waals surface area (Å²) >= 11 is 0. The number of para-hydroxylation sites is 1. The van der Waals surface area contributed by atoms with Gasteiger partial charge in [-0.25, -0.2) is 0 Å². The van der Waals surface area contributed by atoms with Crippen molar-refractivity contribution in [2.75, 3.05) is 25.0 Å². The van der Waals surface area contributed by atoms with Crippen LogP contribution in [0.5, 0.6) is 0 Å². The molecule has 0 bridgehead atoms. The number of carbonyl (C=O) groups is 4. The number of carbonyl (C=O) groups excluding carboxylic acids is 4. The second-order valence-electron chi connectivity index (χ2n) is 11.3. The molecule has 0 unspecified atom stereocenters. The average Bonchev–Trinajstić information content (AvgIpc) is 2.87. The van der Waals surface area contributed by atoms with E-state index in [4.69, 9.17) is 0 Å². The smallest absolute Gasteiger partial charge is 0.246 e. The van der Waals surface area contributed by atoms with E-state index in [0.717, 1.165) is 22.4 Å². The molecule has 0 aromatic heterocycles. The molecule has 0 saturated heterocycles. The minimum absolute atomic E-state index is 0.0945. The second kappa shape index (κ2) is 12.6. The number of benzene rings is 2. The predicted molar refractivity (Wildman–Crippen MR) is 153 cm³/mol. The van der Waals surface area contributed by atoms with Gasteiger partial charge in [0.25, 0.3) is 0 Å². The number of nitrogens with zero attached hydrogens (tertiary/aromatic N) is 2. The van der Waals surface area contributed by atoms with Gasteiger partial charge in [0, 0.05) is 49.2 Å². The van der Waals surface area contributed by atoms with Crippen molar-refractivity contribution < 1.29 is 19.2 Å². The van der Waals surface area contributed by atoms with Crippen LogP contribution in [0.3, 0.4) is 0 Å². The number of allylic oxidation sites excluding steroid dienone is 1. The molecule has 3 amide bonds. The van der Waals surface area contributed by atoms with Crippen LogP contribution in [0.2, 0.25) is 0 Å². The van der Waals surface area contributed by atoms with Gasteiger partial charge in [0.05, 0.1) is 12.2 Å². The molecule has 3 rings (SSSR count). The van der Waals surface area contributed by atoms with E-state index in [1.807, 2.05) is 76.2 Å². The molecule has 1 N–H and O–H groups in total. The number of hydrogen-bond donors (Lipinski definition) is 1. The van der Waals surface area contributed by atoms with Crippen LogP contribution in [0.15, 0.2) is 60.7 Å². The summed E-state index contributed by atoms with van der Waals surface area (Å²) in [6.07, 6.45) is 3.63. The first kappa shape index (κ1) is 29.4. The van der Waals surface area contributed by atoms with Gasteiger partial charge in [-0.05, 0) is 41.7 Å². The van der Waals surface area contributed by atoms with Gasteiger partial charge in [-0.1, -0.05) is 69.9 Å². The SMILES string of the molecule is CN(CC(C)(C)CC(C)(C)C(=O)NCCC(=O)N1Cc2ccccc2C#Cc2ccccc21)C(=O)/C=C\C=O. The second-order valence-corrected chi connectivity index (χ2v) is 11.3. The van der Waals surface area contributed by atoms with Crippen LogP contribution in [-0.2, 0) is 25.7 Å². The number of hydrogen-bond acceptors (Lipinski definition) is 4. The molecule has 7 heteroatoms. The lowest BCUT2D eigenvalue weighted by Gasteiger charge is -2.36. The Labute approximate surface area is 231 Å². The highest BCUT2D eigenvalue weighted by Crippen LogP contribution is 2.34. The third-order valence-electron chi connectivity index (χ3n) is 6.69. The Bertz CT molecular complexity index is 1330. The Kier molecular flexibility index (Phi) is 9.47. The number of fused-ring (bicyclic) bond motifs is 2. The fourth-order valence-electron chi connectivity index (χ4n) is 5.17. The zero-order valence-electron chi connectivity index (χ0n) is 23.4. The van der Waals surface area contributed by atoms with Gasteiger partial charge in [0.1, 0.15) is 6.29 Å². The van der Waals surface area contributed by atoms with Crippen molar-refractivity contribution in [3.8, 4) is 11.8 Å². The van der Waals surface area contributed by atoms with Crippen molar-refractivity contribution in [1.29, 1.82) is 0 Å². The maximum absolute atomic E-state index is 13.4. The van der Waals surface area contributed by atoms with Crippen molar-refractivity contribution in [2.45, 2.75) is 47.1 Å². The summed E-state index contributed by atoms with van der Waals surface area (Å²) in [6.45, 7) is 8.76. The average molecular weight is 528 g/mol. The van der Waals surface area contributed by atoms with E-state index in [1.54, 1.807) is 11.9 Å². The first-order valence-corrected chi connectivity index (χ1v) is 13.1. The number of likely N-dealkylation sites (N-methyl/N-ethyl adjacent to an activating group) is 1. The number of amides is 3. The topological polar surface area (TPSA) is 86.8 Å². The molecular weight excluding hydrogens is 490 g/mol. The van der Waals surface area contributed by atoms with E-state index in [2.05, 4.69) is 17.2 Å². The zero-order valence-corrected chi connectivity index (χ0v) is 23.4. The minimum atomic E-state index is -0.725. The minimum Gasteiger partial charge on any atom is -0.355 e. The molecule has 7 nitrogen and oxygen atoms in total. The lowest BCUT2D eigenvalue weighted by atomic mass is 9.74. The van der Waals surface area contributed by atoms with Crippen LogP contribution >= 0.6 is 0 Å². The Hall–Kier alpha value is -4.18. The third-order valence-corrected chi connectivity index (χ3v) is 6.69. The highest BCUT2D eigenvalue weighted by atomic mass is 16.2. The van der Waals surface area contributed by atoms with E-state index in [0.29, 0.717) is 25.8 Å². The van der Waals surface area contributed by atoms with E-state index >= 15 is 0 Å². The van der Waals surface area contributed by atoms with Gasteiger partial charge in [-0.3, -0.25) is 19.2 Å². The fourth-order valence-corrected chi connectivity index (χ4v) is 5.17. The van der Waals surface area contributed by atoms with E-state index in [1.165, 1.54) is 17.1 Å². The van der Waals surface area contributed by atoms with Crippen molar-refractivity contribution in [1.82, 2.24) is 10.2 Å². The lowest BCUT2D eigenvalue weighted by molar-refractivity contribution is -0.131. The number of rotatable bonds is 10. The van der Waals surface area contributed by atoms with E-state index < -0.39 is 5.41 Å². The molecule has 0 radical (unpaired) electrons. The lowest BCUT2D eigenvalue weighted by Crippen LogP contribution is -2.44. The Morgan fingerprint density at radius 1 is 1.00 bits per heavy atom. The quantitative estimate of drug-likeness (QED) is 0.286. The summed E-state index contributed by atoms with van der Waals surface area (Å²) in [7, 11) is 1.67. The van der Waals surface area contributed by atoms with Crippen molar-refractivity contribution in [3.63, 3.8) is 0 Å². The maximum atomic E-state index is 13.4. The molecule has 2 aromatic rings. The summed E-state index contributed by atoms with van der Waals surface area (Å²) in [4.78, 5) is 52.5. The van der Waals surface area contributed by atoms with E-state index in [-0.39, 0.29) is 36.1 Å². The molecule has 0 aliphatic carbocycles. The van der Waals surface area contributed by atoms with Crippen LogP contribution in [-0.4, -0.2) is 49.0 Å². The fraction of sp³-hybridized carbons (Fsp3) is 0.375. The van der Waals surface area contributed by atoms with Gasteiger partial charge >= 0.3 is 0 Å². The van der Waals surface area contributed by atoms with Gasteiger partial charge < -0.3 is 15.1 Å². The normalized spacial score (nSPS) is 12.8. The molecule has 0 atom stereocenters. The van der Waals surface area contributed by atoms with Crippen molar-refractivity contribution in [2.24, 2.45) is 10.8 Å². The Morgan fingerprint density at radius 3 is 2.36 bits per heavy atom. The summed E-state index contributed by atoms with van der Waals surface area (Å²) in [6, 6.07) is 15.4. The first-order chi connectivity index (χ1) is 18.4. The molecule has 0 fully saturated rings. The highest BCUT2D eigenvalue weighted by Gasteiger charge is 2.35. The van der Waals surface area contributed by atoms with Crippen LogP contribution in [0, 0.1) is 22.7 Å². The molecule has 204 valence electrons. The van der Waals surface area contributed by atoms with Gasteiger partial charge in [0.15, 0.2) is 0 Å². The molecule has 1 heterocycles. The summed E-state index contributed by atoms with van der Waals surface area (Å²) in [5.74, 6) is 5.90. The number of nitrogens with one attached hydrogen (secondary N) is 1. The number of aldehydes is 1. The van der Waals surface area contributed by atoms with Crippen LogP contribution in [0.4, 0.5) is 5.69 Å². The van der Waals surface area contributed by atoms with E-state index in [9.17, 15) is 19.2 Å². The van der Waals surface area contributed by atoms with Crippen LogP contribution in [0.1, 0.15) is 57.2 Å². The molecule has 0 spiro atoms. The van der Waals surface area contributed by atoms with Crippen molar-refractivity contribution in [3.05, 3.63) is 77.4 Å². The third kappa shape index (κ3) is 7.90. The molecule has 2 aromatic carbocycles. The molecule has 0 saturated carbocycles. The van der Waals surface area contributed by atoms with Crippen LogP contribution < -0.4 is 10.2 Å². The monoisotopic (exact) mass is 527 g/mol.